The first-order chi connectivity index (χ1) is 12.3. The Morgan fingerprint density at radius 2 is 2.00 bits per heavy atom. The van der Waals surface area contributed by atoms with Crippen LogP contribution in [0.25, 0.3) is 0 Å². The van der Waals surface area contributed by atoms with Crippen LogP contribution < -0.4 is 5.32 Å². The summed E-state index contributed by atoms with van der Waals surface area (Å²) in [7, 11) is -1.64. The Kier molecular flexibility index (Phi) is 7.01. The van der Waals surface area contributed by atoms with E-state index < -0.39 is 10.0 Å². The molecule has 0 saturated carbocycles. The van der Waals surface area contributed by atoms with Crippen LogP contribution in [-0.4, -0.2) is 59.2 Å². The van der Waals surface area contributed by atoms with Crippen LogP contribution in [-0.2, 0) is 16.4 Å². The van der Waals surface area contributed by atoms with Crippen molar-refractivity contribution in [2.45, 2.75) is 56.9 Å². The summed E-state index contributed by atoms with van der Waals surface area (Å²) in [5.41, 5.74) is 1.08. The number of sulfonamides is 1. The van der Waals surface area contributed by atoms with Gasteiger partial charge in [0.25, 0.3) is 0 Å². The molecule has 3 rings (SSSR count). The summed E-state index contributed by atoms with van der Waals surface area (Å²) >= 11 is 0. The number of nitrogens with one attached hydrogen (secondary N) is 2. The Labute approximate surface area is 165 Å². The Morgan fingerprint density at radius 1 is 1.33 bits per heavy atom. The first-order valence-electron chi connectivity index (χ1n) is 8.84. The maximum Gasteiger partial charge on any atom is 0.246 e. The summed E-state index contributed by atoms with van der Waals surface area (Å²) in [4.78, 5) is 4.78. The summed E-state index contributed by atoms with van der Waals surface area (Å²) < 4.78 is 32.7. The number of halogens is 1. The first kappa shape index (κ1) is 21.8. The number of aromatic amines is 1. The molecule has 1 aliphatic heterocycles. The van der Waals surface area contributed by atoms with Crippen LogP contribution in [0.1, 0.15) is 48.8 Å². The minimum absolute atomic E-state index is 0. The summed E-state index contributed by atoms with van der Waals surface area (Å²) in [5.74, 6) is 1.39. The fourth-order valence-electron chi connectivity index (χ4n) is 3.29. The average molecular weight is 419 g/mol. The van der Waals surface area contributed by atoms with Crippen LogP contribution >= 0.6 is 12.4 Å². The second-order valence-electron chi connectivity index (χ2n) is 6.88. The highest BCUT2D eigenvalue weighted by atomic mass is 35.5. The number of likely N-dealkylation sites (N-methyl/N-ethyl adjacent to an activating group) is 1. The van der Waals surface area contributed by atoms with Gasteiger partial charge in [0.05, 0.1) is 11.4 Å². The number of piperidine rings is 1. The number of H-pyrrole nitrogens is 1. The lowest BCUT2D eigenvalue weighted by atomic mass is 9.98. The van der Waals surface area contributed by atoms with Crippen molar-refractivity contribution >= 4 is 22.4 Å². The molecule has 27 heavy (non-hydrogen) atoms. The van der Waals surface area contributed by atoms with E-state index in [0.717, 1.165) is 0 Å². The molecule has 0 spiro atoms. The molecule has 0 aliphatic carbocycles. The molecular formula is C16H27ClN6O3S. The molecule has 1 saturated heterocycles. The SMILES string of the molecule is CNC(C)Cc1noc(C2CCN(S(=O)(=O)c3c(C)n[nH]c3C)CC2)n1.Cl. The second-order valence-corrected chi connectivity index (χ2v) is 8.76. The lowest BCUT2D eigenvalue weighted by Crippen LogP contribution is -2.38. The number of nitrogens with zero attached hydrogens (tertiary/aromatic N) is 4. The number of aromatic nitrogens is 4. The van der Waals surface area contributed by atoms with Gasteiger partial charge in [-0.05, 0) is 40.7 Å². The molecule has 0 radical (unpaired) electrons. The molecule has 3 heterocycles. The van der Waals surface area contributed by atoms with Gasteiger partial charge in [0.15, 0.2) is 5.82 Å². The molecule has 2 aromatic heterocycles. The molecule has 152 valence electrons. The fraction of sp³-hybridized carbons (Fsp3) is 0.688. The number of hydrogen-bond donors (Lipinski definition) is 2. The van der Waals surface area contributed by atoms with E-state index >= 15 is 0 Å². The van der Waals surface area contributed by atoms with Gasteiger partial charge in [-0.3, -0.25) is 5.10 Å². The van der Waals surface area contributed by atoms with Crippen molar-refractivity contribution in [1.29, 1.82) is 0 Å². The van der Waals surface area contributed by atoms with Crippen molar-refractivity contribution in [2.24, 2.45) is 0 Å². The topological polar surface area (TPSA) is 117 Å². The van der Waals surface area contributed by atoms with E-state index in [1.54, 1.807) is 13.8 Å². The third-order valence-electron chi connectivity index (χ3n) is 4.93. The standard InChI is InChI=1S/C16H26N6O3S.ClH/c1-10(17-4)9-14-18-16(25-21-14)13-5-7-22(8-6-13)26(23,24)15-11(2)19-20-12(15)3;/h10,13,17H,5-9H2,1-4H3,(H,19,20);1H. The van der Waals surface area contributed by atoms with Gasteiger partial charge in [-0.2, -0.15) is 14.4 Å². The van der Waals surface area contributed by atoms with E-state index in [4.69, 9.17) is 4.52 Å². The van der Waals surface area contributed by atoms with E-state index in [9.17, 15) is 8.42 Å². The molecule has 1 atom stereocenters. The van der Waals surface area contributed by atoms with Gasteiger partial charge in [-0.25, -0.2) is 8.42 Å². The number of aryl methyl sites for hydroxylation is 2. The second kappa shape index (κ2) is 8.68. The number of rotatable bonds is 6. The molecule has 11 heteroatoms. The molecule has 0 amide bonds. The van der Waals surface area contributed by atoms with E-state index in [1.807, 2.05) is 7.05 Å². The third-order valence-corrected chi connectivity index (χ3v) is 7.09. The monoisotopic (exact) mass is 418 g/mol. The van der Waals surface area contributed by atoms with Crippen LogP contribution in [0.2, 0.25) is 0 Å². The van der Waals surface area contributed by atoms with Crippen molar-refractivity contribution in [3.05, 3.63) is 23.1 Å². The van der Waals surface area contributed by atoms with Gasteiger partial charge in [0, 0.05) is 31.5 Å². The normalized spacial score (nSPS) is 17.6. The Bertz CT molecular complexity index is 838. The van der Waals surface area contributed by atoms with Crippen molar-refractivity contribution in [2.75, 3.05) is 20.1 Å². The van der Waals surface area contributed by atoms with Gasteiger partial charge >= 0.3 is 0 Å². The molecule has 2 aromatic rings. The largest absolute Gasteiger partial charge is 0.339 e. The predicted octanol–water partition coefficient (Wildman–Crippen LogP) is 1.55. The van der Waals surface area contributed by atoms with Gasteiger partial charge in [-0.15, -0.1) is 12.4 Å². The molecule has 0 aromatic carbocycles. The van der Waals surface area contributed by atoms with E-state index in [0.29, 0.717) is 55.5 Å². The van der Waals surface area contributed by atoms with Gasteiger partial charge in [0.2, 0.25) is 15.9 Å². The van der Waals surface area contributed by atoms with Crippen molar-refractivity contribution in [3.8, 4) is 0 Å². The van der Waals surface area contributed by atoms with Gasteiger partial charge in [0.1, 0.15) is 4.90 Å². The Balaban J connectivity index is 0.00000261. The maximum absolute atomic E-state index is 12.9. The van der Waals surface area contributed by atoms with E-state index in [1.165, 1.54) is 4.31 Å². The molecule has 2 N–H and O–H groups in total. The molecular weight excluding hydrogens is 392 g/mol. The quantitative estimate of drug-likeness (QED) is 0.730. The molecule has 0 bridgehead atoms. The lowest BCUT2D eigenvalue weighted by molar-refractivity contribution is 0.270. The Morgan fingerprint density at radius 3 is 2.56 bits per heavy atom. The zero-order valence-corrected chi connectivity index (χ0v) is 17.7. The van der Waals surface area contributed by atoms with Crippen molar-refractivity contribution in [1.82, 2.24) is 30.0 Å². The van der Waals surface area contributed by atoms with E-state index in [2.05, 4.69) is 32.6 Å². The summed E-state index contributed by atoms with van der Waals surface area (Å²) in [6.07, 6.45) is 2.03. The predicted molar refractivity (Wildman–Crippen MR) is 103 cm³/mol. The minimum atomic E-state index is -3.54. The molecule has 1 fully saturated rings. The summed E-state index contributed by atoms with van der Waals surface area (Å²) in [5, 5.41) is 13.9. The van der Waals surface area contributed by atoms with Crippen LogP contribution in [0.3, 0.4) is 0 Å². The van der Waals surface area contributed by atoms with E-state index in [-0.39, 0.29) is 29.3 Å². The smallest absolute Gasteiger partial charge is 0.246 e. The zero-order chi connectivity index (χ0) is 18.9. The van der Waals surface area contributed by atoms with Gasteiger partial charge < -0.3 is 9.84 Å². The average Bonchev–Trinajstić information content (AvgIpc) is 3.21. The zero-order valence-electron chi connectivity index (χ0n) is 16.0. The highest BCUT2D eigenvalue weighted by Gasteiger charge is 2.34. The summed E-state index contributed by atoms with van der Waals surface area (Å²) in [6, 6.07) is 0.272. The van der Waals surface area contributed by atoms with Crippen LogP contribution in [0.15, 0.2) is 9.42 Å². The third kappa shape index (κ3) is 4.50. The highest BCUT2D eigenvalue weighted by molar-refractivity contribution is 7.89. The number of hydrogen-bond acceptors (Lipinski definition) is 7. The van der Waals surface area contributed by atoms with Gasteiger partial charge in [-0.1, -0.05) is 5.16 Å². The molecule has 9 nitrogen and oxygen atoms in total. The van der Waals surface area contributed by atoms with Crippen molar-refractivity contribution < 1.29 is 12.9 Å². The molecule has 1 aliphatic rings. The maximum atomic E-state index is 12.9. The van der Waals surface area contributed by atoms with Crippen molar-refractivity contribution in [3.63, 3.8) is 0 Å². The van der Waals surface area contributed by atoms with Crippen LogP contribution in [0, 0.1) is 13.8 Å². The van der Waals surface area contributed by atoms with Crippen LogP contribution in [0.4, 0.5) is 0 Å². The lowest BCUT2D eigenvalue weighted by Gasteiger charge is -2.29. The Hall–Kier alpha value is -1.49. The first-order valence-corrected chi connectivity index (χ1v) is 10.3. The summed E-state index contributed by atoms with van der Waals surface area (Å²) in [6.45, 7) is 6.35. The van der Waals surface area contributed by atoms with Crippen LogP contribution in [0.5, 0.6) is 0 Å². The fourth-order valence-corrected chi connectivity index (χ4v) is 5.09. The minimum Gasteiger partial charge on any atom is -0.339 e. The molecule has 1 unspecified atom stereocenters. The highest BCUT2D eigenvalue weighted by Crippen LogP contribution is 2.31.